The number of methoxy groups -OCH3 is 1. The minimum Gasteiger partial charge on any atom is -0.495 e. The summed E-state index contributed by atoms with van der Waals surface area (Å²) in [4.78, 5) is 1.91. The van der Waals surface area contributed by atoms with Gasteiger partial charge in [-0.1, -0.05) is 18.2 Å². The molecule has 19 heavy (non-hydrogen) atoms. The summed E-state index contributed by atoms with van der Waals surface area (Å²) in [7, 11) is 3.52. The highest BCUT2D eigenvalue weighted by atomic mass is 16.5. The molecule has 0 heterocycles. The average Bonchev–Trinajstić information content (AvgIpc) is 2.46. The number of anilines is 3. The molecule has 2 aromatic carbocycles. The van der Waals surface area contributed by atoms with Gasteiger partial charge in [0.05, 0.1) is 29.7 Å². The van der Waals surface area contributed by atoms with E-state index in [1.54, 1.807) is 13.2 Å². The van der Waals surface area contributed by atoms with Crippen LogP contribution in [0.3, 0.4) is 0 Å². The Hall–Kier alpha value is -2.67. The van der Waals surface area contributed by atoms with Crippen LogP contribution in [-0.2, 0) is 0 Å². The standard InChI is InChI=1S/C15H15N3O/c1-18(12-7-3-4-9-14(12)19-2)13-8-5-6-11(10-16)15(13)17/h3-9H,17H2,1-2H3. The predicted molar refractivity (Wildman–Crippen MR) is 76.6 cm³/mol. The molecule has 0 saturated carbocycles. The molecule has 0 aliphatic carbocycles. The molecule has 0 fully saturated rings. The van der Waals surface area contributed by atoms with Gasteiger partial charge in [0.2, 0.25) is 0 Å². The van der Waals surface area contributed by atoms with Crippen molar-refractivity contribution >= 4 is 17.1 Å². The lowest BCUT2D eigenvalue weighted by atomic mass is 10.1. The van der Waals surface area contributed by atoms with E-state index in [0.29, 0.717) is 11.3 Å². The number of ether oxygens (including phenoxy) is 1. The first kappa shape index (κ1) is 12.8. The van der Waals surface area contributed by atoms with Gasteiger partial charge in [0.1, 0.15) is 11.8 Å². The maximum absolute atomic E-state index is 9.02. The van der Waals surface area contributed by atoms with Crippen LogP contribution in [0, 0.1) is 11.3 Å². The van der Waals surface area contributed by atoms with E-state index >= 15 is 0 Å². The molecule has 0 bridgehead atoms. The van der Waals surface area contributed by atoms with Crippen LogP contribution in [-0.4, -0.2) is 14.2 Å². The first-order valence-corrected chi connectivity index (χ1v) is 5.84. The fraction of sp³-hybridized carbons (Fsp3) is 0.133. The molecule has 96 valence electrons. The topological polar surface area (TPSA) is 62.3 Å². The van der Waals surface area contributed by atoms with E-state index < -0.39 is 0 Å². The molecule has 2 N–H and O–H groups in total. The van der Waals surface area contributed by atoms with Gasteiger partial charge >= 0.3 is 0 Å². The predicted octanol–water partition coefficient (Wildman–Crippen LogP) is 2.92. The number of nitriles is 1. The number of benzene rings is 2. The molecule has 0 atom stereocenters. The van der Waals surface area contributed by atoms with Crippen LogP contribution in [0.4, 0.5) is 17.1 Å². The van der Waals surface area contributed by atoms with Crippen molar-refractivity contribution in [1.82, 2.24) is 0 Å². The van der Waals surface area contributed by atoms with Gasteiger partial charge < -0.3 is 15.4 Å². The van der Waals surface area contributed by atoms with Crippen LogP contribution >= 0.6 is 0 Å². The van der Waals surface area contributed by atoms with E-state index in [4.69, 9.17) is 15.7 Å². The van der Waals surface area contributed by atoms with E-state index in [1.165, 1.54) is 0 Å². The van der Waals surface area contributed by atoms with Gasteiger partial charge in [0, 0.05) is 7.05 Å². The quantitative estimate of drug-likeness (QED) is 0.854. The van der Waals surface area contributed by atoms with Crippen molar-refractivity contribution in [3.8, 4) is 11.8 Å². The van der Waals surface area contributed by atoms with Crippen LogP contribution in [0.2, 0.25) is 0 Å². The van der Waals surface area contributed by atoms with Gasteiger partial charge in [-0.3, -0.25) is 0 Å². The summed E-state index contributed by atoms with van der Waals surface area (Å²) in [6.45, 7) is 0. The van der Waals surface area contributed by atoms with Crippen LogP contribution in [0.25, 0.3) is 0 Å². The normalized spacial score (nSPS) is 9.74. The number of nitrogens with zero attached hydrogens (tertiary/aromatic N) is 2. The Labute approximate surface area is 112 Å². The van der Waals surface area contributed by atoms with Crippen LogP contribution in [0.5, 0.6) is 5.75 Å². The minimum atomic E-state index is 0.471. The molecule has 0 spiro atoms. The van der Waals surface area contributed by atoms with Crippen LogP contribution in [0.15, 0.2) is 42.5 Å². The van der Waals surface area contributed by atoms with E-state index in [9.17, 15) is 0 Å². The lowest BCUT2D eigenvalue weighted by molar-refractivity contribution is 0.415. The number of rotatable bonds is 3. The van der Waals surface area contributed by atoms with E-state index in [-0.39, 0.29) is 0 Å². The molecular formula is C15H15N3O. The number of nitrogens with two attached hydrogens (primary N) is 1. The van der Waals surface area contributed by atoms with Crippen molar-refractivity contribution in [2.45, 2.75) is 0 Å². The highest BCUT2D eigenvalue weighted by Gasteiger charge is 2.13. The van der Waals surface area contributed by atoms with E-state index in [0.717, 1.165) is 17.1 Å². The van der Waals surface area contributed by atoms with Crippen molar-refractivity contribution in [3.05, 3.63) is 48.0 Å². The Morgan fingerprint density at radius 3 is 2.47 bits per heavy atom. The number of hydrogen-bond donors (Lipinski definition) is 1. The maximum atomic E-state index is 9.02. The molecule has 0 aromatic heterocycles. The van der Waals surface area contributed by atoms with Gasteiger partial charge in [-0.05, 0) is 24.3 Å². The van der Waals surface area contributed by atoms with E-state index in [1.807, 2.05) is 48.3 Å². The van der Waals surface area contributed by atoms with Crippen molar-refractivity contribution < 1.29 is 4.74 Å². The van der Waals surface area contributed by atoms with Crippen molar-refractivity contribution in [1.29, 1.82) is 5.26 Å². The molecule has 0 aliphatic rings. The van der Waals surface area contributed by atoms with Crippen molar-refractivity contribution in [3.63, 3.8) is 0 Å². The van der Waals surface area contributed by atoms with Gasteiger partial charge in [-0.15, -0.1) is 0 Å². The van der Waals surface area contributed by atoms with Crippen LogP contribution in [0.1, 0.15) is 5.56 Å². The van der Waals surface area contributed by atoms with Gasteiger partial charge in [0.15, 0.2) is 0 Å². The Morgan fingerprint density at radius 2 is 1.79 bits per heavy atom. The smallest absolute Gasteiger partial charge is 0.142 e. The molecule has 2 rings (SSSR count). The third-order valence-corrected chi connectivity index (χ3v) is 3.01. The largest absolute Gasteiger partial charge is 0.495 e. The highest BCUT2D eigenvalue weighted by molar-refractivity contribution is 5.80. The molecule has 2 aromatic rings. The molecule has 0 amide bonds. The zero-order valence-electron chi connectivity index (χ0n) is 10.9. The first-order chi connectivity index (χ1) is 9.19. The van der Waals surface area contributed by atoms with Crippen LogP contribution < -0.4 is 15.4 Å². The third-order valence-electron chi connectivity index (χ3n) is 3.01. The molecule has 4 heteroatoms. The Morgan fingerprint density at radius 1 is 1.11 bits per heavy atom. The second-order valence-electron chi connectivity index (χ2n) is 4.08. The molecule has 0 aliphatic heterocycles. The molecule has 0 saturated heterocycles. The molecular weight excluding hydrogens is 238 g/mol. The summed E-state index contributed by atoms with van der Waals surface area (Å²) in [5.74, 6) is 0.756. The fourth-order valence-electron chi connectivity index (χ4n) is 1.98. The Kier molecular flexibility index (Phi) is 3.58. The summed E-state index contributed by atoms with van der Waals surface area (Å²) >= 11 is 0. The summed E-state index contributed by atoms with van der Waals surface area (Å²) in [6.07, 6.45) is 0. The molecule has 4 nitrogen and oxygen atoms in total. The summed E-state index contributed by atoms with van der Waals surface area (Å²) in [5, 5.41) is 9.02. The summed E-state index contributed by atoms with van der Waals surface area (Å²) < 4.78 is 5.34. The van der Waals surface area contributed by atoms with Crippen molar-refractivity contribution in [2.75, 3.05) is 24.8 Å². The molecule has 0 unspecified atom stereocenters. The molecule has 0 radical (unpaired) electrons. The van der Waals surface area contributed by atoms with Gasteiger partial charge in [-0.25, -0.2) is 0 Å². The maximum Gasteiger partial charge on any atom is 0.142 e. The van der Waals surface area contributed by atoms with Gasteiger partial charge in [0.25, 0.3) is 0 Å². The number of hydrogen-bond acceptors (Lipinski definition) is 4. The number of para-hydroxylation sites is 3. The lowest BCUT2D eigenvalue weighted by Crippen LogP contribution is -2.13. The first-order valence-electron chi connectivity index (χ1n) is 5.84. The third kappa shape index (κ3) is 2.31. The van der Waals surface area contributed by atoms with Gasteiger partial charge in [-0.2, -0.15) is 5.26 Å². The highest BCUT2D eigenvalue weighted by Crippen LogP contribution is 2.35. The second-order valence-corrected chi connectivity index (χ2v) is 4.08. The minimum absolute atomic E-state index is 0.471. The SMILES string of the molecule is COc1ccccc1N(C)c1cccc(C#N)c1N. The fourth-order valence-corrected chi connectivity index (χ4v) is 1.98. The number of nitrogen functional groups attached to an aromatic ring is 1. The lowest BCUT2D eigenvalue weighted by Gasteiger charge is -2.23. The zero-order valence-corrected chi connectivity index (χ0v) is 10.9. The Balaban J connectivity index is 2.51. The Bertz CT molecular complexity index is 632. The monoisotopic (exact) mass is 253 g/mol. The van der Waals surface area contributed by atoms with Crippen molar-refractivity contribution in [2.24, 2.45) is 0 Å². The summed E-state index contributed by atoms with van der Waals surface area (Å²) in [6, 6.07) is 15.1. The zero-order chi connectivity index (χ0) is 13.8. The second kappa shape index (κ2) is 5.32. The summed E-state index contributed by atoms with van der Waals surface area (Å²) in [5.41, 5.74) is 8.64. The average molecular weight is 253 g/mol. The van der Waals surface area contributed by atoms with E-state index in [2.05, 4.69) is 6.07 Å².